The summed E-state index contributed by atoms with van der Waals surface area (Å²) in [4.78, 5) is 0. The minimum atomic E-state index is -4.58. The first-order chi connectivity index (χ1) is 9.29. The Labute approximate surface area is 119 Å². The van der Waals surface area contributed by atoms with Gasteiger partial charge in [0, 0.05) is 5.02 Å². The second-order valence-corrected chi connectivity index (χ2v) is 5.27. The molecule has 0 aromatic heterocycles. The summed E-state index contributed by atoms with van der Waals surface area (Å²) in [6.07, 6.45) is -3.05. The summed E-state index contributed by atoms with van der Waals surface area (Å²) in [6, 6.07) is 5.23. The monoisotopic (exact) mass is 304 g/mol. The van der Waals surface area contributed by atoms with Crippen molar-refractivity contribution in [2.24, 2.45) is 5.92 Å². The Morgan fingerprint density at radius 2 is 1.95 bits per heavy atom. The van der Waals surface area contributed by atoms with Crippen LogP contribution in [0.3, 0.4) is 0 Å². The molecule has 1 aromatic carbocycles. The molecule has 0 heterocycles. The predicted molar refractivity (Wildman–Crippen MR) is 71.6 cm³/mol. The van der Waals surface area contributed by atoms with Crippen molar-refractivity contribution in [3.05, 3.63) is 58.1 Å². The zero-order valence-corrected chi connectivity index (χ0v) is 11.5. The molecule has 0 nitrogen and oxygen atoms in total. The van der Waals surface area contributed by atoms with Crippen molar-refractivity contribution < 1.29 is 17.6 Å². The molecular weight excluding hydrogens is 292 g/mol. The van der Waals surface area contributed by atoms with Gasteiger partial charge in [0.05, 0.1) is 0 Å². The van der Waals surface area contributed by atoms with Crippen LogP contribution in [-0.2, 0) is 6.42 Å². The zero-order valence-electron chi connectivity index (χ0n) is 10.7. The fraction of sp³-hybridized carbons (Fsp3) is 0.333. The molecule has 20 heavy (non-hydrogen) atoms. The average molecular weight is 305 g/mol. The highest BCUT2D eigenvalue weighted by molar-refractivity contribution is 6.31. The molecule has 0 aliphatic heterocycles. The normalized spacial score (nSPS) is 22.8. The topological polar surface area (TPSA) is 0 Å². The molecule has 1 aliphatic carbocycles. The van der Waals surface area contributed by atoms with Crippen molar-refractivity contribution in [2.75, 3.05) is 0 Å². The average Bonchev–Trinajstić information content (AvgIpc) is 2.33. The number of aryl methyl sites for hydroxylation is 1. The molecule has 1 aromatic rings. The van der Waals surface area contributed by atoms with Gasteiger partial charge in [0.25, 0.3) is 0 Å². The first-order valence-electron chi connectivity index (χ1n) is 6.12. The Bertz CT molecular complexity index is 557. The zero-order chi connectivity index (χ0) is 14.9. The van der Waals surface area contributed by atoms with E-state index in [1.807, 2.05) is 6.92 Å². The molecule has 0 fully saturated rings. The third-order valence-electron chi connectivity index (χ3n) is 3.28. The lowest BCUT2D eigenvalue weighted by Gasteiger charge is -2.25. The number of allylic oxidation sites excluding steroid dienone is 4. The maximum absolute atomic E-state index is 14.0. The van der Waals surface area contributed by atoms with Crippen LogP contribution in [0.5, 0.6) is 0 Å². The molecule has 108 valence electrons. The van der Waals surface area contributed by atoms with E-state index in [0.29, 0.717) is 10.6 Å². The summed E-state index contributed by atoms with van der Waals surface area (Å²) >= 11 is 6.03. The van der Waals surface area contributed by atoms with Crippen LogP contribution in [0.2, 0.25) is 5.02 Å². The number of hydrogen-bond acceptors (Lipinski definition) is 0. The first kappa shape index (κ1) is 15.1. The van der Waals surface area contributed by atoms with Gasteiger partial charge in [-0.15, -0.1) is 0 Å². The summed E-state index contributed by atoms with van der Waals surface area (Å²) < 4.78 is 52.1. The van der Waals surface area contributed by atoms with Crippen LogP contribution >= 0.6 is 11.6 Å². The molecule has 2 atom stereocenters. The summed E-state index contributed by atoms with van der Waals surface area (Å²) in [7, 11) is 0. The second kappa shape index (κ2) is 5.60. The molecule has 2 unspecified atom stereocenters. The fourth-order valence-corrected chi connectivity index (χ4v) is 2.47. The van der Waals surface area contributed by atoms with Crippen molar-refractivity contribution in [2.45, 2.75) is 25.7 Å². The third-order valence-corrected chi connectivity index (χ3v) is 3.63. The molecule has 0 radical (unpaired) electrons. The summed E-state index contributed by atoms with van der Waals surface area (Å²) in [5.74, 6) is -2.08. The minimum absolute atomic E-state index is 0.0806. The Kier molecular flexibility index (Phi) is 4.23. The number of hydrogen-bond donors (Lipinski definition) is 0. The fourth-order valence-electron chi connectivity index (χ4n) is 2.17. The Morgan fingerprint density at radius 1 is 1.25 bits per heavy atom. The maximum Gasteiger partial charge on any atom is 0.398 e. The van der Waals surface area contributed by atoms with Crippen molar-refractivity contribution in [3.63, 3.8) is 0 Å². The van der Waals surface area contributed by atoms with Gasteiger partial charge in [0.2, 0.25) is 0 Å². The molecule has 1 aliphatic rings. The number of alkyl halides is 4. The summed E-state index contributed by atoms with van der Waals surface area (Å²) in [5.41, 5.74) is 1.67. The lowest BCUT2D eigenvalue weighted by atomic mass is 9.88. The first-order valence-corrected chi connectivity index (χ1v) is 6.50. The highest BCUT2D eigenvalue weighted by Crippen LogP contribution is 2.37. The Morgan fingerprint density at radius 3 is 2.55 bits per heavy atom. The smallest absolute Gasteiger partial charge is 0.242 e. The molecule has 0 saturated carbocycles. The van der Waals surface area contributed by atoms with Gasteiger partial charge in [-0.25, -0.2) is 4.39 Å². The molecular formula is C15H13ClF4. The van der Waals surface area contributed by atoms with E-state index < -0.39 is 18.3 Å². The van der Waals surface area contributed by atoms with Gasteiger partial charge >= 0.3 is 6.18 Å². The van der Waals surface area contributed by atoms with E-state index in [0.717, 1.165) is 11.6 Å². The molecule has 0 bridgehead atoms. The van der Waals surface area contributed by atoms with Crippen molar-refractivity contribution in [3.8, 4) is 0 Å². The molecule has 0 saturated heterocycles. The summed E-state index contributed by atoms with van der Waals surface area (Å²) in [6.45, 7) is 1.86. The number of halogens is 5. The van der Waals surface area contributed by atoms with Crippen LogP contribution in [0.15, 0.2) is 42.0 Å². The van der Waals surface area contributed by atoms with E-state index >= 15 is 0 Å². The second-order valence-electron chi connectivity index (χ2n) is 4.87. The van der Waals surface area contributed by atoms with Crippen molar-refractivity contribution in [1.82, 2.24) is 0 Å². The lowest BCUT2D eigenvalue weighted by Crippen LogP contribution is -2.33. The van der Waals surface area contributed by atoms with Gasteiger partial charge in [-0.3, -0.25) is 0 Å². The minimum Gasteiger partial charge on any atom is -0.242 e. The van der Waals surface area contributed by atoms with Crippen molar-refractivity contribution in [1.29, 1.82) is 0 Å². The predicted octanol–water partition coefficient (Wildman–Crippen LogP) is 5.20. The van der Waals surface area contributed by atoms with E-state index in [-0.39, 0.29) is 12.0 Å². The molecule has 2 rings (SSSR count). The van der Waals surface area contributed by atoms with Gasteiger partial charge in [0.15, 0.2) is 0 Å². The van der Waals surface area contributed by atoms with Gasteiger partial charge < -0.3 is 0 Å². The van der Waals surface area contributed by atoms with E-state index in [4.69, 9.17) is 11.6 Å². The van der Waals surface area contributed by atoms with Crippen LogP contribution in [-0.4, -0.2) is 12.3 Å². The van der Waals surface area contributed by atoms with Crippen LogP contribution in [0.4, 0.5) is 17.6 Å². The van der Waals surface area contributed by atoms with Gasteiger partial charge in [-0.1, -0.05) is 42.0 Å². The SMILES string of the molecule is Cc1ccc(CC2=CC=CC(C(F)(F)F)C2F)c(Cl)c1. The quantitative estimate of drug-likeness (QED) is 0.658. The Hall–Kier alpha value is -1.29. The molecule has 0 spiro atoms. The highest BCUT2D eigenvalue weighted by Gasteiger charge is 2.45. The standard InChI is InChI=1S/C15H13ClF4/c1-9-5-6-10(13(16)7-9)8-11-3-2-4-12(14(11)17)15(18,19)20/h2-7,12,14H,8H2,1H3. The third kappa shape index (κ3) is 3.23. The summed E-state index contributed by atoms with van der Waals surface area (Å²) in [5, 5.41) is 0.441. The van der Waals surface area contributed by atoms with Gasteiger partial charge in [-0.05, 0) is 36.1 Å². The largest absolute Gasteiger partial charge is 0.398 e. The van der Waals surface area contributed by atoms with E-state index in [2.05, 4.69) is 0 Å². The van der Waals surface area contributed by atoms with Crippen LogP contribution in [0, 0.1) is 12.8 Å². The van der Waals surface area contributed by atoms with Crippen LogP contribution in [0.25, 0.3) is 0 Å². The van der Waals surface area contributed by atoms with Crippen molar-refractivity contribution >= 4 is 11.6 Å². The van der Waals surface area contributed by atoms with Crippen LogP contribution < -0.4 is 0 Å². The highest BCUT2D eigenvalue weighted by atomic mass is 35.5. The number of rotatable bonds is 2. The maximum atomic E-state index is 14.0. The van der Waals surface area contributed by atoms with E-state index in [1.165, 1.54) is 12.2 Å². The van der Waals surface area contributed by atoms with Gasteiger partial charge in [-0.2, -0.15) is 13.2 Å². The molecule has 0 amide bonds. The van der Waals surface area contributed by atoms with Crippen LogP contribution in [0.1, 0.15) is 11.1 Å². The van der Waals surface area contributed by atoms with E-state index in [1.54, 1.807) is 18.2 Å². The van der Waals surface area contributed by atoms with Gasteiger partial charge in [0.1, 0.15) is 12.1 Å². The van der Waals surface area contributed by atoms with E-state index in [9.17, 15) is 17.6 Å². The molecule has 0 N–H and O–H groups in total. The lowest BCUT2D eigenvalue weighted by molar-refractivity contribution is -0.172. The Balaban J connectivity index is 2.21. The molecule has 5 heteroatoms. The number of benzene rings is 1.